The number of aromatic amines is 1. The molecule has 4 aromatic carbocycles. The van der Waals surface area contributed by atoms with Crippen LogP contribution in [0, 0.1) is 23.7 Å². The van der Waals surface area contributed by atoms with Crippen LogP contribution in [0.4, 0.5) is 11.4 Å². The lowest BCUT2D eigenvalue weighted by Crippen LogP contribution is -2.51. The maximum Gasteiger partial charge on any atom is 0.327 e. The van der Waals surface area contributed by atoms with E-state index in [0.717, 1.165) is 34.2 Å². The van der Waals surface area contributed by atoms with Gasteiger partial charge in [0.1, 0.15) is 29.3 Å². The summed E-state index contributed by atoms with van der Waals surface area (Å²) in [5.74, 6) is -4.23. The van der Waals surface area contributed by atoms with Gasteiger partial charge in [-0.1, -0.05) is 138 Å². The molecule has 8 rings (SSSR count). The molecule has 3 aliphatic rings. The highest BCUT2D eigenvalue weighted by molar-refractivity contribution is 6.06. The summed E-state index contributed by atoms with van der Waals surface area (Å²) in [6.45, 7) is 8.65. The largest absolute Gasteiger partial charge is 0.480 e. The van der Waals surface area contributed by atoms with Crippen LogP contribution < -0.4 is 31.5 Å². The Hall–Kier alpha value is -8.52. The molecular weight excluding hydrogens is 1010 g/mol. The second kappa shape index (κ2) is 29.8. The summed E-state index contributed by atoms with van der Waals surface area (Å²) in [5, 5.41) is 35.3. The van der Waals surface area contributed by atoms with Crippen molar-refractivity contribution in [2.24, 2.45) is 39.6 Å². The van der Waals surface area contributed by atoms with Gasteiger partial charge in [-0.3, -0.25) is 43.4 Å². The SMILES string of the molecule is CC[C@H](C)[C@H](CC(=O)Cc1ccccc1)C(=O)NCC(=O)N1c2ccccc2C[C@H]1C(=O)NCc1cn[nH]n1.CC[C@H](C)[C@H](CC(=O)Cc1ccccc1)C(=O)NCC(=O)N1c2ccccc2C[C@H]1C(=O)O.NCC1=CN=NC1. The van der Waals surface area contributed by atoms with Crippen molar-refractivity contribution in [3.63, 3.8) is 0 Å². The molecule has 0 spiro atoms. The van der Waals surface area contributed by atoms with E-state index in [0.29, 0.717) is 43.0 Å². The number of fused-ring (bicyclic) bond motifs is 2. The number of carboxylic acid groups (broad SMARTS) is 1. The van der Waals surface area contributed by atoms with Crippen molar-refractivity contribution in [3.8, 4) is 0 Å². The number of carbonyl (C=O) groups excluding carboxylic acids is 7. The summed E-state index contributed by atoms with van der Waals surface area (Å²) >= 11 is 0. The third kappa shape index (κ3) is 17.0. The van der Waals surface area contributed by atoms with Crippen molar-refractivity contribution < 1.29 is 43.5 Å². The number of carbonyl (C=O) groups is 8. The lowest BCUT2D eigenvalue weighted by molar-refractivity contribution is -0.140. The molecular formula is C59H71N11O9. The summed E-state index contributed by atoms with van der Waals surface area (Å²) in [4.78, 5) is 105. The minimum Gasteiger partial charge on any atom is -0.480 e. The van der Waals surface area contributed by atoms with Gasteiger partial charge in [0.15, 0.2) is 0 Å². The van der Waals surface area contributed by atoms with Gasteiger partial charge in [-0.05, 0) is 51.8 Å². The molecule has 0 aliphatic carbocycles. The molecule has 3 aliphatic heterocycles. The number of H-pyrrole nitrogens is 1. The Labute approximate surface area is 460 Å². The quantitative estimate of drug-likeness (QED) is 0.0462. The van der Waals surface area contributed by atoms with Gasteiger partial charge in [-0.2, -0.15) is 25.6 Å². The summed E-state index contributed by atoms with van der Waals surface area (Å²) < 4.78 is 0. The van der Waals surface area contributed by atoms with Crippen LogP contribution in [0.5, 0.6) is 0 Å². The molecule has 4 heterocycles. The van der Waals surface area contributed by atoms with Crippen molar-refractivity contribution in [3.05, 3.63) is 155 Å². The molecule has 1 aromatic heterocycles. The molecule has 5 amide bonds. The highest BCUT2D eigenvalue weighted by atomic mass is 16.4. The fourth-order valence-electron chi connectivity index (χ4n) is 9.53. The average molecular weight is 1080 g/mol. The molecule has 0 saturated carbocycles. The van der Waals surface area contributed by atoms with Gasteiger partial charge >= 0.3 is 5.97 Å². The van der Waals surface area contributed by atoms with Crippen LogP contribution in [0.15, 0.2) is 137 Å². The fraction of sp³-hybridized carbons (Fsp3) is 0.390. The minimum absolute atomic E-state index is 0.0229. The second-order valence-electron chi connectivity index (χ2n) is 19.9. The van der Waals surface area contributed by atoms with Crippen LogP contribution >= 0.6 is 0 Å². The van der Waals surface area contributed by atoms with Crippen LogP contribution in [0.2, 0.25) is 0 Å². The molecule has 79 heavy (non-hydrogen) atoms. The number of benzene rings is 4. The number of aromatic nitrogens is 3. The summed E-state index contributed by atoms with van der Waals surface area (Å²) in [5.41, 5.74) is 11.6. The number of Topliss-reactive ketones (excluding diaryl/α,β-unsaturated/α-hetero) is 2. The van der Waals surface area contributed by atoms with E-state index < -0.39 is 41.7 Å². The third-order valence-corrected chi connectivity index (χ3v) is 14.4. The molecule has 5 aromatic rings. The zero-order chi connectivity index (χ0) is 56.8. The Morgan fingerprint density at radius 1 is 0.658 bits per heavy atom. The number of nitrogens with zero attached hydrogens (tertiary/aromatic N) is 6. The van der Waals surface area contributed by atoms with Crippen LogP contribution in [0.1, 0.15) is 81.3 Å². The monoisotopic (exact) mass is 1080 g/mol. The maximum atomic E-state index is 13.4. The maximum absolute atomic E-state index is 13.4. The topological polar surface area (TPSA) is 292 Å². The van der Waals surface area contributed by atoms with E-state index in [-0.39, 0.29) is 92.9 Å². The first-order chi connectivity index (χ1) is 38.1. The molecule has 0 unspecified atom stereocenters. The summed E-state index contributed by atoms with van der Waals surface area (Å²) in [6, 6.07) is 31.5. The Morgan fingerprint density at radius 3 is 1.54 bits per heavy atom. The van der Waals surface area contributed by atoms with E-state index in [1.54, 1.807) is 36.5 Å². The molecule has 20 nitrogen and oxygen atoms in total. The number of hydrogen-bond acceptors (Lipinski definition) is 13. The number of ketones is 2. The van der Waals surface area contributed by atoms with Gasteiger partial charge in [-0.25, -0.2) is 4.79 Å². The minimum atomic E-state index is -1.09. The van der Waals surface area contributed by atoms with Crippen LogP contribution in [-0.4, -0.2) is 106 Å². The number of aliphatic carboxylic acids is 1. The predicted octanol–water partition coefficient (Wildman–Crippen LogP) is 5.66. The molecule has 6 atom stereocenters. The molecule has 0 radical (unpaired) electrons. The Morgan fingerprint density at radius 2 is 1.13 bits per heavy atom. The van der Waals surface area contributed by atoms with Crippen LogP contribution in [-0.2, 0) is 70.6 Å². The molecule has 0 bridgehead atoms. The van der Waals surface area contributed by atoms with Crippen molar-refractivity contribution in [1.29, 1.82) is 0 Å². The van der Waals surface area contributed by atoms with Crippen molar-refractivity contribution >= 4 is 58.4 Å². The van der Waals surface area contributed by atoms with Gasteiger partial charge in [0, 0.05) is 68.3 Å². The van der Waals surface area contributed by atoms with E-state index >= 15 is 0 Å². The second-order valence-corrected chi connectivity index (χ2v) is 19.9. The lowest BCUT2D eigenvalue weighted by atomic mass is 9.85. The number of amides is 5. The molecule has 0 fully saturated rings. The number of carboxylic acids is 1. The predicted molar refractivity (Wildman–Crippen MR) is 297 cm³/mol. The number of azo groups is 1. The van der Waals surface area contributed by atoms with Gasteiger partial charge < -0.3 is 26.8 Å². The highest BCUT2D eigenvalue weighted by Gasteiger charge is 2.40. The van der Waals surface area contributed by atoms with Crippen LogP contribution in [0.25, 0.3) is 0 Å². The van der Waals surface area contributed by atoms with E-state index in [1.165, 1.54) is 16.0 Å². The number of para-hydroxylation sites is 2. The Balaban J connectivity index is 0.000000229. The Kier molecular flexibility index (Phi) is 22.6. The number of nitrogens with one attached hydrogen (secondary N) is 4. The van der Waals surface area contributed by atoms with Crippen molar-refractivity contribution in [2.75, 3.05) is 36.0 Å². The summed E-state index contributed by atoms with van der Waals surface area (Å²) in [7, 11) is 0. The Bertz CT molecular complexity index is 2950. The van der Waals surface area contributed by atoms with E-state index in [4.69, 9.17) is 5.73 Å². The van der Waals surface area contributed by atoms with Gasteiger partial charge in [0.25, 0.3) is 0 Å². The lowest BCUT2D eigenvalue weighted by Gasteiger charge is -2.26. The average Bonchev–Trinajstić information content (AvgIpc) is 4.40. The summed E-state index contributed by atoms with van der Waals surface area (Å²) in [6.07, 6.45) is 5.96. The smallest absolute Gasteiger partial charge is 0.327 e. The molecule has 7 N–H and O–H groups in total. The number of rotatable bonds is 23. The highest BCUT2D eigenvalue weighted by Crippen LogP contribution is 2.34. The first-order valence-electron chi connectivity index (χ1n) is 26.7. The zero-order valence-corrected chi connectivity index (χ0v) is 45.2. The number of nitrogens with two attached hydrogens (primary N) is 1. The van der Waals surface area contributed by atoms with E-state index in [1.807, 2.05) is 107 Å². The van der Waals surface area contributed by atoms with Crippen LogP contribution in [0.3, 0.4) is 0 Å². The van der Waals surface area contributed by atoms with E-state index in [2.05, 4.69) is 41.6 Å². The first-order valence-corrected chi connectivity index (χ1v) is 26.7. The van der Waals surface area contributed by atoms with Gasteiger partial charge in [0.2, 0.25) is 29.5 Å². The standard InChI is InChI=1S/C29H34N6O4.C26H30N2O5.C4H7N3/c1-3-19(2)24(15-23(36)13-20-9-5-4-6-10-20)28(38)31-18-27(37)35-25-12-8-7-11-21(25)14-26(35)29(39)30-16-22-17-32-34-33-22;1-3-17(2)21(15-20(29)13-18-9-5-4-6-10-18)25(31)27-16-24(30)28-22-12-8-7-11-19(22)14-23(28)26(32)33;5-1-4-2-6-7-3-4/h4-12,17,19,24,26H,3,13-16,18H2,1-2H3,(H,30,39)(H,31,38)(H,32,33,34);4-12,17,21,23H,3,13-16H2,1-2H3,(H,27,31)(H,32,33);2H,1,3,5H2/t19-,24-,26-;17-,21-,23-;/m00./s1. The van der Waals surface area contributed by atoms with Crippen molar-refractivity contribution in [1.82, 2.24) is 31.4 Å². The molecule has 20 heteroatoms. The van der Waals surface area contributed by atoms with E-state index in [9.17, 15) is 43.5 Å². The zero-order valence-electron chi connectivity index (χ0n) is 45.2. The first kappa shape index (κ1) is 59.7. The van der Waals surface area contributed by atoms with Gasteiger partial charge in [0.05, 0.1) is 38.6 Å². The third-order valence-electron chi connectivity index (χ3n) is 14.4. The number of anilines is 2. The molecule has 0 saturated heterocycles. The fourth-order valence-corrected chi connectivity index (χ4v) is 9.53. The van der Waals surface area contributed by atoms with Gasteiger partial charge in [-0.15, -0.1) is 0 Å². The molecule has 416 valence electrons. The van der Waals surface area contributed by atoms with Crippen molar-refractivity contribution in [2.45, 2.75) is 97.7 Å². The normalized spacial score (nSPS) is 16.2. The number of hydrogen-bond donors (Lipinski definition) is 6.